The van der Waals surface area contributed by atoms with Gasteiger partial charge < -0.3 is 29.7 Å². The van der Waals surface area contributed by atoms with Crippen molar-refractivity contribution in [1.82, 2.24) is 15.3 Å². The number of anilines is 3. The molecular weight excluding hydrogens is 280 g/mol. The lowest BCUT2D eigenvalue weighted by Gasteiger charge is -2.32. The topological polar surface area (TPSA) is 59.7 Å². The number of morpholine rings is 1. The fourth-order valence-corrected chi connectivity index (χ4v) is 3.53. The van der Waals surface area contributed by atoms with E-state index in [2.05, 4.69) is 25.0 Å². The largest absolute Gasteiger partial charge is 0.378 e. The third kappa shape index (κ3) is 2.75. The normalized spacial score (nSPS) is 23.4. The zero-order valence-corrected chi connectivity index (χ0v) is 13.2. The summed E-state index contributed by atoms with van der Waals surface area (Å²) in [5, 5.41) is 3.42. The number of H-pyrrole nitrogens is 1. The van der Waals surface area contributed by atoms with Gasteiger partial charge in [-0.15, -0.1) is 0 Å². The lowest BCUT2D eigenvalue weighted by Crippen LogP contribution is -2.45. The van der Waals surface area contributed by atoms with Gasteiger partial charge in [-0.1, -0.05) is 0 Å². The Kier molecular flexibility index (Phi) is 4.07. The van der Waals surface area contributed by atoms with Gasteiger partial charge in [0.1, 0.15) is 0 Å². The molecule has 3 fully saturated rings. The van der Waals surface area contributed by atoms with E-state index in [-0.39, 0.29) is 0 Å². The van der Waals surface area contributed by atoms with Crippen LogP contribution in [0.1, 0.15) is 12.8 Å². The molecule has 0 bridgehead atoms. The highest BCUT2D eigenvalue weighted by atomic mass is 16.5. The number of hydrogen-bond acceptors (Lipinski definition) is 6. The van der Waals surface area contributed by atoms with E-state index in [0.717, 1.165) is 77.3 Å². The molecular formula is C15H26N6O. The quantitative estimate of drug-likeness (QED) is 0.835. The summed E-state index contributed by atoms with van der Waals surface area (Å²) in [4.78, 5) is 15.8. The van der Waals surface area contributed by atoms with E-state index in [9.17, 15) is 0 Å². The number of nitrogens with one attached hydrogen (secondary N) is 2. The summed E-state index contributed by atoms with van der Waals surface area (Å²) in [5.41, 5.74) is 0. The predicted molar refractivity (Wildman–Crippen MR) is 88.1 cm³/mol. The number of aromatic amines is 1. The first-order valence-corrected chi connectivity index (χ1v) is 8.55. The Labute approximate surface area is 131 Å². The number of ether oxygens (including phenoxy) is 1. The molecule has 0 spiro atoms. The highest BCUT2D eigenvalue weighted by Crippen LogP contribution is 2.32. The van der Waals surface area contributed by atoms with Gasteiger partial charge in [0.15, 0.2) is 11.6 Å². The van der Waals surface area contributed by atoms with Crippen molar-refractivity contribution < 1.29 is 4.74 Å². The maximum Gasteiger partial charge on any atom is 0.206 e. The number of nitrogens with zero attached hydrogens (tertiary/aromatic N) is 4. The summed E-state index contributed by atoms with van der Waals surface area (Å²) in [6, 6.07) is 0. The first-order chi connectivity index (χ1) is 10.9. The second-order valence-corrected chi connectivity index (χ2v) is 6.26. The summed E-state index contributed by atoms with van der Waals surface area (Å²) in [6.07, 6.45) is 2.55. The van der Waals surface area contributed by atoms with Crippen LogP contribution >= 0.6 is 0 Å². The van der Waals surface area contributed by atoms with E-state index in [4.69, 9.17) is 9.72 Å². The van der Waals surface area contributed by atoms with Crippen LogP contribution in [-0.4, -0.2) is 75.5 Å². The third-order valence-electron chi connectivity index (χ3n) is 4.80. The van der Waals surface area contributed by atoms with Crippen LogP contribution in [0.25, 0.3) is 0 Å². The molecule has 0 amide bonds. The molecule has 0 aromatic carbocycles. The van der Waals surface area contributed by atoms with Crippen LogP contribution < -0.4 is 20.0 Å². The maximum absolute atomic E-state index is 5.50. The zero-order valence-electron chi connectivity index (χ0n) is 13.2. The minimum atomic E-state index is 0.805. The average molecular weight is 306 g/mol. The minimum Gasteiger partial charge on any atom is -0.378 e. The van der Waals surface area contributed by atoms with Crippen LogP contribution in [0.2, 0.25) is 0 Å². The van der Waals surface area contributed by atoms with Crippen LogP contribution in [0.4, 0.5) is 17.6 Å². The van der Waals surface area contributed by atoms with Crippen molar-refractivity contribution in [3.05, 3.63) is 0 Å². The van der Waals surface area contributed by atoms with Crippen molar-refractivity contribution >= 4 is 17.6 Å². The Morgan fingerprint density at radius 2 is 1.55 bits per heavy atom. The van der Waals surface area contributed by atoms with Crippen molar-refractivity contribution in [3.63, 3.8) is 0 Å². The smallest absolute Gasteiger partial charge is 0.206 e. The molecule has 2 N–H and O–H groups in total. The molecule has 1 aromatic rings. The standard InChI is InChI=1S/C15H26N6O/c1-2-6-21(5-1)15-17-13(19-7-3-16-4-8-19)14(18-15)20-9-11-22-12-10-20/h16H,1-12H2,(H,17,18). The summed E-state index contributed by atoms with van der Waals surface area (Å²) >= 11 is 0. The summed E-state index contributed by atoms with van der Waals surface area (Å²) in [6.45, 7) is 9.87. The van der Waals surface area contributed by atoms with Gasteiger partial charge in [0.05, 0.1) is 13.2 Å². The van der Waals surface area contributed by atoms with E-state index < -0.39 is 0 Å². The fraction of sp³-hybridized carbons (Fsp3) is 0.800. The molecule has 0 atom stereocenters. The van der Waals surface area contributed by atoms with Crippen LogP contribution in [0.3, 0.4) is 0 Å². The molecule has 4 rings (SSSR count). The fourth-order valence-electron chi connectivity index (χ4n) is 3.53. The van der Waals surface area contributed by atoms with Crippen LogP contribution in [0.15, 0.2) is 0 Å². The molecule has 22 heavy (non-hydrogen) atoms. The minimum absolute atomic E-state index is 0.805. The number of aromatic nitrogens is 2. The van der Waals surface area contributed by atoms with Gasteiger partial charge in [-0.05, 0) is 12.8 Å². The Balaban J connectivity index is 1.63. The van der Waals surface area contributed by atoms with Crippen LogP contribution in [-0.2, 0) is 4.74 Å². The van der Waals surface area contributed by atoms with Gasteiger partial charge in [-0.3, -0.25) is 0 Å². The molecule has 3 saturated heterocycles. The molecule has 3 aliphatic heterocycles. The second kappa shape index (κ2) is 6.34. The number of piperazine rings is 1. The number of imidazole rings is 1. The van der Waals surface area contributed by atoms with Gasteiger partial charge in [0.2, 0.25) is 5.95 Å². The van der Waals surface area contributed by atoms with Gasteiger partial charge in [-0.25, -0.2) is 0 Å². The molecule has 3 aliphatic rings. The van der Waals surface area contributed by atoms with E-state index in [1.165, 1.54) is 18.7 Å². The van der Waals surface area contributed by atoms with Crippen molar-refractivity contribution in [2.45, 2.75) is 12.8 Å². The average Bonchev–Trinajstić information content (AvgIpc) is 3.26. The number of hydrogen-bond donors (Lipinski definition) is 2. The lowest BCUT2D eigenvalue weighted by molar-refractivity contribution is 0.122. The molecule has 7 heteroatoms. The Morgan fingerprint density at radius 3 is 2.27 bits per heavy atom. The molecule has 0 unspecified atom stereocenters. The van der Waals surface area contributed by atoms with Gasteiger partial charge in [0.25, 0.3) is 0 Å². The predicted octanol–water partition coefficient (Wildman–Crippen LogP) is 0.256. The van der Waals surface area contributed by atoms with Gasteiger partial charge in [-0.2, -0.15) is 4.98 Å². The van der Waals surface area contributed by atoms with E-state index >= 15 is 0 Å². The van der Waals surface area contributed by atoms with E-state index in [1.807, 2.05) is 0 Å². The molecule has 7 nitrogen and oxygen atoms in total. The van der Waals surface area contributed by atoms with Gasteiger partial charge in [0, 0.05) is 52.4 Å². The van der Waals surface area contributed by atoms with Crippen LogP contribution in [0.5, 0.6) is 0 Å². The summed E-state index contributed by atoms with van der Waals surface area (Å²) in [7, 11) is 0. The first-order valence-electron chi connectivity index (χ1n) is 8.55. The lowest BCUT2D eigenvalue weighted by atomic mass is 10.3. The Bertz CT molecular complexity index is 451. The third-order valence-corrected chi connectivity index (χ3v) is 4.80. The molecule has 0 aliphatic carbocycles. The second-order valence-electron chi connectivity index (χ2n) is 6.26. The monoisotopic (exact) mass is 306 g/mol. The van der Waals surface area contributed by atoms with Crippen molar-refractivity contribution in [3.8, 4) is 0 Å². The molecule has 0 radical (unpaired) electrons. The summed E-state index contributed by atoms with van der Waals surface area (Å²) in [5.74, 6) is 3.37. The van der Waals surface area contributed by atoms with Crippen molar-refractivity contribution in [2.24, 2.45) is 0 Å². The Morgan fingerprint density at radius 1 is 0.818 bits per heavy atom. The first kappa shape index (κ1) is 14.1. The Hall–Kier alpha value is -1.47. The molecule has 1 aromatic heterocycles. The highest BCUT2D eigenvalue weighted by molar-refractivity contribution is 5.67. The maximum atomic E-state index is 5.50. The molecule has 122 valence electrons. The number of rotatable bonds is 3. The van der Waals surface area contributed by atoms with E-state index in [0.29, 0.717) is 0 Å². The summed E-state index contributed by atoms with van der Waals surface area (Å²) < 4.78 is 5.50. The van der Waals surface area contributed by atoms with Crippen molar-refractivity contribution in [2.75, 3.05) is 80.3 Å². The SMILES string of the molecule is C1CCN(c2nc(N3CCNCC3)c(N3CCOCC3)[nH]2)C1. The molecule has 4 heterocycles. The zero-order chi connectivity index (χ0) is 14.8. The van der Waals surface area contributed by atoms with Crippen LogP contribution in [0, 0.1) is 0 Å². The highest BCUT2D eigenvalue weighted by Gasteiger charge is 2.26. The van der Waals surface area contributed by atoms with E-state index in [1.54, 1.807) is 0 Å². The van der Waals surface area contributed by atoms with Gasteiger partial charge >= 0.3 is 0 Å². The van der Waals surface area contributed by atoms with Crippen molar-refractivity contribution in [1.29, 1.82) is 0 Å². The molecule has 0 saturated carbocycles.